The van der Waals surface area contributed by atoms with Crippen LogP contribution in [0.2, 0.25) is 0 Å². The van der Waals surface area contributed by atoms with Crippen molar-refractivity contribution >= 4 is 17.8 Å². The van der Waals surface area contributed by atoms with Gasteiger partial charge in [-0.2, -0.15) is 13.2 Å². The molecule has 51 heavy (non-hydrogen) atoms. The molecule has 4 aromatic carbocycles. The summed E-state index contributed by atoms with van der Waals surface area (Å²) in [5.74, 6) is -1.35. The molecule has 0 unspecified atom stereocenters. The van der Waals surface area contributed by atoms with Gasteiger partial charge in [-0.3, -0.25) is 14.5 Å². The number of amides is 2. The molecule has 0 spiro atoms. The van der Waals surface area contributed by atoms with E-state index in [1.54, 1.807) is 11.0 Å². The van der Waals surface area contributed by atoms with Crippen molar-refractivity contribution < 1.29 is 37.4 Å². The minimum absolute atomic E-state index is 0.0522. The van der Waals surface area contributed by atoms with Crippen molar-refractivity contribution in [2.75, 3.05) is 6.54 Å². The predicted octanol–water partition coefficient (Wildman–Crippen LogP) is 6.55. The Balaban J connectivity index is 1.15. The first-order chi connectivity index (χ1) is 24.5. The molecule has 0 aromatic heterocycles. The Hall–Kier alpha value is -5.16. The maximum absolute atomic E-state index is 13.9. The molecular formula is C40H40F3N3O5. The number of halogens is 3. The monoisotopic (exact) mass is 699 g/mol. The zero-order valence-corrected chi connectivity index (χ0v) is 28.0. The molecule has 2 amide bonds. The Morgan fingerprint density at radius 3 is 2.18 bits per heavy atom. The van der Waals surface area contributed by atoms with Crippen molar-refractivity contribution in [2.45, 2.75) is 76.0 Å². The standard InChI is InChI=1S/C40H40F3N3O5/c41-40(42,43)32-17-12-27(13-18-32)25-51-34-19-16-30-22-36(46(23-31(30)21-34)24-37(47)44-33-8-4-5-9-33)38(48)45-35(39(49)50)20-26-10-14-29(15-11-26)28-6-2-1-3-7-28/h1-3,6-7,10-19,21,33,35-36H,4-5,8-9,20,22-25H2,(H,44,47)(H,45,48)(H,49,50)/t35-,36-/m0/s1. The quantitative estimate of drug-likeness (QED) is 0.155. The van der Waals surface area contributed by atoms with Gasteiger partial charge in [-0.1, -0.05) is 85.6 Å². The number of hydrogen-bond acceptors (Lipinski definition) is 5. The first kappa shape index (κ1) is 35.7. The second-order valence-corrected chi connectivity index (χ2v) is 13.3. The third-order valence-corrected chi connectivity index (χ3v) is 9.58. The van der Waals surface area contributed by atoms with E-state index in [9.17, 15) is 32.7 Å². The second-order valence-electron chi connectivity index (χ2n) is 13.3. The molecule has 1 saturated carbocycles. The summed E-state index contributed by atoms with van der Waals surface area (Å²) in [6, 6.07) is 25.7. The first-order valence-corrected chi connectivity index (χ1v) is 17.1. The average molecular weight is 700 g/mol. The van der Waals surface area contributed by atoms with E-state index in [1.807, 2.05) is 66.7 Å². The number of carboxylic acids is 1. The van der Waals surface area contributed by atoms with Gasteiger partial charge in [0.1, 0.15) is 18.4 Å². The number of carboxylic acid groups (broad SMARTS) is 1. The Morgan fingerprint density at radius 1 is 0.843 bits per heavy atom. The fourth-order valence-corrected chi connectivity index (χ4v) is 6.78. The van der Waals surface area contributed by atoms with Crippen LogP contribution in [0.15, 0.2) is 97.1 Å². The second kappa shape index (κ2) is 15.8. The van der Waals surface area contributed by atoms with E-state index >= 15 is 0 Å². The minimum atomic E-state index is -4.42. The number of rotatable bonds is 12. The van der Waals surface area contributed by atoms with Crippen molar-refractivity contribution in [1.29, 1.82) is 0 Å². The smallest absolute Gasteiger partial charge is 0.416 e. The van der Waals surface area contributed by atoms with E-state index in [2.05, 4.69) is 10.6 Å². The topological polar surface area (TPSA) is 108 Å². The maximum Gasteiger partial charge on any atom is 0.416 e. The lowest BCUT2D eigenvalue weighted by molar-refractivity contribution is -0.143. The van der Waals surface area contributed by atoms with E-state index in [4.69, 9.17) is 4.74 Å². The number of benzene rings is 4. The molecule has 6 rings (SSSR count). The van der Waals surface area contributed by atoms with Gasteiger partial charge in [0.25, 0.3) is 0 Å². The molecule has 1 aliphatic carbocycles. The Kier molecular flexibility index (Phi) is 11.1. The molecule has 0 saturated heterocycles. The predicted molar refractivity (Wildman–Crippen MR) is 186 cm³/mol. The summed E-state index contributed by atoms with van der Waals surface area (Å²) in [5, 5.41) is 15.9. The molecule has 2 aliphatic rings. The first-order valence-electron chi connectivity index (χ1n) is 17.1. The van der Waals surface area contributed by atoms with Crippen LogP contribution in [0.1, 0.15) is 53.5 Å². The highest BCUT2D eigenvalue weighted by molar-refractivity contribution is 5.88. The van der Waals surface area contributed by atoms with E-state index in [0.29, 0.717) is 11.3 Å². The highest BCUT2D eigenvalue weighted by Crippen LogP contribution is 2.31. The molecule has 0 radical (unpaired) electrons. The lowest BCUT2D eigenvalue weighted by Crippen LogP contribution is -2.56. The normalized spacial score (nSPS) is 17.0. The average Bonchev–Trinajstić information content (AvgIpc) is 3.63. The highest BCUT2D eigenvalue weighted by atomic mass is 19.4. The number of alkyl halides is 3. The number of carbonyl (C=O) groups is 3. The Bertz CT molecular complexity index is 1830. The van der Waals surface area contributed by atoms with Crippen LogP contribution in [0.25, 0.3) is 11.1 Å². The summed E-state index contributed by atoms with van der Waals surface area (Å²) in [5.41, 5.74) is 4.33. The van der Waals surface area contributed by atoms with Gasteiger partial charge in [-0.05, 0) is 76.9 Å². The summed E-state index contributed by atoms with van der Waals surface area (Å²) in [7, 11) is 0. The van der Waals surface area contributed by atoms with Crippen LogP contribution in [-0.2, 0) is 46.6 Å². The van der Waals surface area contributed by atoms with E-state index < -0.39 is 35.7 Å². The fraction of sp³-hybridized carbons (Fsp3) is 0.325. The van der Waals surface area contributed by atoms with Crippen LogP contribution in [0, 0.1) is 0 Å². The zero-order valence-electron chi connectivity index (χ0n) is 28.0. The lowest BCUT2D eigenvalue weighted by Gasteiger charge is -2.36. The van der Waals surface area contributed by atoms with Crippen LogP contribution in [0.3, 0.4) is 0 Å². The van der Waals surface area contributed by atoms with Crippen molar-refractivity contribution in [1.82, 2.24) is 15.5 Å². The van der Waals surface area contributed by atoms with Gasteiger partial charge in [0, 0.05) is 19.0 Å². The zero-order chi connectivity index (χ0) is 36.0. The molecule has 266 valence electrons. The van der Waals surface area contributed by atoms with Crippen LogP contribution < -0.4 is 15.4 Å². The summed E-state index contributed by atoms with van der Waals surface area (Å²) in [4.78, 5) is 41.2. The van der Waals surface area contributed by atoms with Gasteiger partial charge >= 0.3 is 12.1 Å². The SMILES string of the molecule is O=C(CN1Cc2cc(OCc3ccc(C(F)(F)F)cc3)ccc2C[C@H]1C(=O)N[C@@H](Cc1ccc(-c2ccccc2)cc1)C(=O)O)NC1CCCC1. The number of fused-ring (bicyclic) bond motifs is 1. The number of ether oxygens (including phenoxy) is 1. The van der Waals surface area contributed by atoms with Gasteiger partial charge in [0.15, 0.2) is 0 Å². The molecule has 4 aromatic rings. The maximum atomic E-state index is 13.9. The molecule has 2 atom stereocenters. The molecule has 1 heterocycles. The molecule has 1 fully saturated rings. The van der Waals surface area contributed by atoms with Crippen LogP contribution in [0.5, 0.6) is 5.75 Å². The van der Waals surface area contributed by atoms with Crippen molar-refractivity contribution in [3.63, 3.8) is 0 Å². The van der Waals surface area contributed by atoms with E-state index in [-0.39, 0.29) is 44.5 Å². The molecule has 8 nitrogen and oxygen atoms in total. The number of carbonyl (C=O) groups excluding carboxylic acids is 2. The highest BCUT2D eigenvalue weighted by Gasteiger charge is 2.35. The molecular weight excluding hydrogens is 659 g/mol. The van der Waals surface area contributed by atoms with Gasteiger partial charge in [0.05, 0.1) is 18.2 Å². The van der Waals surface area contributed by atoms with Crippen molar-refractivity contribution in [3.05, 3.63) is 125 Å². The van der Waals surface area contributed by atoms with E-state index in [1.165, 1.54) is 12.1 Å². The van der Waals surface area contributed by atoms with Crippen LogP contribution in [-0.4, -0.2) is 52.5 Å². The number of hydrogen-bond donors (Lipinski definition) is 3. The van der Waals surface area contributed by atoms with Gasteiger partial charge in [0.2, 0.25) is 11.8 Å². The van der Waals surface area contributed by atoms with Crippen LogP contribution in [0.4, 0.5) is 13.2 Å². The number of nitrogens with one attached hydrogen (secondary N) is 2. The van der Waals surface area contributed by atoms with Crippen molar-refractivity contribution in [2.24, 2.45) is 0 Å². The molecule has 11 heteroatoms. The third kappa shape index (κ3) is 9.35. The van der Waals surface area contributed by atoms with Gasteiger partial charge in [-0.15, -0.1) is 0 Å². The molecule has 0 bridgehead atoms. The van der Waals surface area contributed by atoms with Gasteiger partial charge < -0.3 is 20.5 Å². The fourth-order valence-electron chi connectivity index (χ4n) is 6.78. The number of aliphatic carboxylic acids is 1. The van der Waals surface area contributed by atoms with E-state index in [0.717, 1.165) is 65.6 Å². The largest absolute Gasteiger partial charge is 0.489 e. The summed E-state index contributed by atoms with van der Waals surface area (Å²) in [6.07, 6.45) is -0.177. The van der Waals surface area contributed by atoms with Crippen molar-refractivity contribution in [3.8, 4) is 16.9 Å². The lowest BCUT2D eigenvalue weighted by atomic mass is 9.92. The summed E-state index contributed by atoms with van der Waals surface area (Å²) >= 11 is 0. The summed E-state index contributed by atoms with van der Waals surface area (Å²) in [6.45, 7) is 0.242. The van der Waals surface area contributed by atoms with Crippen LogP contribution >= 0.6 is 0 Å². The Morgan fingerprint density at radius 2 is 1.51 bits per heavy atom. The van der Waals surface area contributed by atoms with Gasteiger partial charge in [-0.25, -0.2) is 4.79 Å². The third-order valence-electron chi connectivity index (χ3n) is 9.58. The minimum Gasteiger partial charge on any atom is -0.489 e. The Labute approximate surface area is 294 Å². The molecule has 3 N–H and O–H groups in total. The number of nitrogens with zero attached hydrogens (tertiary/aromatic N) is 1. The summed E-state index contributed by atoms with van der Waals surface area (Å²) < 4.78 is 44.8. The molecule has 1 aliphatic heterocycles.